The van der Waals surface area contributed by atoms with Crippen molar-refractivity contribution < 1.29 is 0 Å². The van der Waals surface area contributed by atoms with Crippen LogP contribution in [0.15, 0.2) is 24.5 Å². The van der Waals surface area contributed by atoms with Crippen molar-refractivity contribution in [3.8, 4) is 11.3 Å². The fourth-order valence-corrected chi connectivity index (χ4v) is 2.78. The number of fused-ring (bicyclic) bond motifs is 1. The van der Waals surface area contributed by atoms with E-state index in [1.165, 1.54) is 0 Å². The van der Waals surface area contributed by atoms with Crippen LogP contribution < -0.4 is 5.73 Å². The molecular formula is C15H16IN5. The van der Waals surface area contributed by atoms with Crippen molar-refractivity contribution in [2.75, 3.05) is 5.73 Å². The highest BCUT2D eigenvalue weighted by atomic mass is 127. The van der Waals surface area contributed by atoms with E-state index in [1.54, 1.807) is 0 Å². The summed E-state index contributed by atoms with van der Waals surface area (Å²) in [4.78, 5) is 16.3. The van der Waals surface area contributed by atoms with Crippen molar-refractivity contribution in [2.45, 2.75) is 26.2 Å². The molecule has 0 spiro atoms. The normalized spacial score (nSPS) is 11.1. The predicted molar refractivity (Wildman–Crippen MR) is 92.9 cm³/mol. The van der Waals surface area contributed by atoms with E-state index in [4.69, 9.17) is 5.73 Å². The van der Waals surface area contributed by atoms with Gasteiger partial charge in [0.05, 0.1) is 5.69 Å². The summed E-state index contributed by atoms with van der Waals surface area (Å²) in [5, 5.41) is 1.06. The summed E-state index contributed by atoms with van der Waals surface area (Å²) in [5.41, 5.74) is 9.58. The summed E-state index contributed by atoms with van der Waals surface area (Å²) in [6.45, 7) is 2.17. The second-order valence-electron chi connectivity index (χ2n) is 4.96. The fraction of sp³-hybridized carbons (Fsp3) is 0.267. The Kier molecular flexibility index (Phi) is 4.05. The van der Waals surface area contributed by atoms with Crippen LogP contribution in [-0.4, -0.2) is 19.9 Å². The number of nitrogens with two attached hydrogens (primary N) is 1. The van der Waals surface area contributed by atoms with E-state index in [0.29, 0.717) is 5.95 Å². The highest BCUT2D eigenvalue weighted by Gasteiger charge is 2.11. The van der Waals surface area contributed by atoms with Crippen molar-refractivity contribution >= 4 is 39.6 Å². The number of aromatic amines is 1. The van der Waals surface area contributed by atoms with Crippen LogP contribution >= 0.6 is 22.6 Å². The van der Waals surface area contributed by atoms with E-state index in [-0.39, 0.29) is 0 Å². The number of nitrogens with zero attached hydrogens (tertiary/aromatic N) is 3. The molecule has 0 radical (unpaired) electrons. The number of anilines is 1. The number of rotatable bonds is 4. The van der Waals surface area contributed by atoms with Gasteiger partial charge in [0, 0.05) is 32.6 Å². The van der Waals surface area contributed by atoms with Gasteiger partial charge in [0.1, 0.15) is 5.65 Å². The molecule has 108 valence electrons. The summed E-state index contributed by atoms with van der Waals surface area (Å²) in [6, 6.07) is 4.12. The van der Waals surface area contributed by atoms with Crippen molar-refractivity contribution in [1.29, 1.82) is 0 Å². The van der Waals surface area contributed by atoms with Gasteiger partial charge in [0.25, 0.3) is 0 Å². The van der Waals surface area contributed by atoms with Crippen molar-refractivity contribution in [2.24, 2.45) is 0 Å². The molecule has 0 aromatic carbocycles. The Labute approximate surface area is 136 Å². The molecule has 3 aromatic rings. The smallest absolute Gasteiger partial charge is 0.220 e. The number of hydrogen-bond donors (Lipinski definition) is 2. The molecule has 0 aliphatic rings. The van der Waals surface area contributed by atoms with E-state index in [9.17, 15) is 0 Å². The van der Waals surface area contributed by atoms with Crippen LogP contribution in [0.5, 0.6) is 0 Å². The Bertz CT molecular complexity index is 781. The molecular weight excluding hydrogens is 377 g/mol. The number of aryl methyl sites for hydroxylation is 1. The Morgan fingerprint density at radius 1 is 1.29 bits per heavy atom. The molecule has 0 amide bonds. The van der Waals surface area contributed by atoms with Crippen molar-refractivity contribution in [3.63, 3.8) is 0 Å². The van der Waals surface area contributed by atoms with Gasteiger partial charge in [0.15, 0.2) is 0 Å². The van der Waals surface area contributed by atoms with E-state index in [2.05, 4.69) is 55.5 Å². The van der Waals surface area contributed by atoms with Crippen LogP contribution in [0.2, 0.25) is 0 Å². The Morgan fingerprint density at radius 3 is 2.95 bits per heavy atom. The zero-order chi connectivity index (χ0) is 14.8. The van der Waals surface area contributed by atoms with Crippen LogP contribution in [0.3, 0.4) is 0 Å². The molecule has 21 heavy (non-hydrogen) atoms. The number of nitrogen functional groups attached to an aromatic ring is 1. The zero-order valence-corrected chi connectivity index (χ0v) is 13.9. The summed E-state index contributed by atoms with van der Waals surface area (Å²) in [5.74, 6) is 0.326. The van der Waals surface area contributed by atoms with Gasteiger partial charge >= 0.3 is 0 Å². The minimum atomic E-state index is 0.326. The zero-order valence-electron chi connectivity index (χ0n) is 11.7. The maximum atomic E-state index is 5.86. The molecule has 3 rings (SSSR count). The molecule has 3 N–H and O–H groups in total. The Morgan fingerprint density at radius 2 is 2.14 bits per heavy atom. The van der Waals surface area contributed by atoms with Crippen LogP contribution in [0, 0.1) is 3.57 Å². The van der Waals surface area contributed by atoms with E-state index >= 15 is 0 Å². The number of hydrogen-bond acceptors (Lipinski definition) is 4. The highest BCUT2D eigenvalue weighted by Crippen LogP contribution is 2.28. The van der Waals surface area contributed by atoms with Crippen LogP contribution in [-0.2, 0) is 6.42 Å². The first kappa shape index (κ1) is 14.2. The molecule has 5 nitrogen and oxygen atoms in total. The van der Waals surface area contributed by atoms with Gasteiger partial charge in [-0.25, -0.2) is 15.0 Å². The average Bonchev–Trinajstić information content (AvgIpc) is 2.87. The third kappa shape index (κ3) is 2.99. The SMILES string of the molecule is CCCCc1cc(-c2c[nH]c3ncc(I)cc23)nc(N)n1. The predicted octanol–water partition coefficient (Wildman–Crippen LogP) is 3.55. The van der Waals surface area contributed by atoms with Crippen molar-refractivity contribution in [3.05, 3.63) is 33.8 Å². The lowest BCUT2D eigenvalue weighted by Gasteiger charge is -2.05. The van der Waals surface area contributed by atoms with E-state index < -0.39 is 0 Å². The second-order valence-corrected chi connectivity index (χ2v) is 6.20. The number of pyridine rings is 1. The van der Waals surface area contributed by atoms with E-state index in [1.807, 2.05) is 18.5 Å². The summed E-state index contributed by atoms with van der Waals surface area (Å²) in [6.07, 6.45) is 6.93. The maximum Gasteiger partial charge on any atom is 0.220 e. The fourth-order valence-electron chi connectivity index (χ4n) is 2.33. The number of halogens is 1. The first-order valence-electron chi connectivity index (χ1n) is 6.94. The number of nitrogens with one attached hydrogen (secondary N) is 1. The third-order valence-electron chi connectivity index (χ3n) is 3.36. The van der Waals surface area contributed by atoms with Gasteiger partial charge < -0.3 is 10.7 Å². The molecule has 0 saturated heterocycles. The lowest BCUT2D eigenvalue weighted by Crippen LogP contribution is -2.01. The third-order valence-corrected chi connectivity index (χ3v) is 3.95. The lowest BCUT2D eigenvalue weighted by molar-refractivity contribution is 0.775. The first-order chi connectivity index (χ1) is 10.2. The molecule has 6 heteroatoms. The van der Waals surface area contributed by atoms with Gasteiger partial charge in [0.2, 0.25) is 5.95 Å². The lowest BCUT2D eigenvalue weighted by atomic mass is 10.1. The van der Waals surface area contributed by atoms with Gasteiger partial charge in [-0.3, -0.25) is 0 Å². The van der Waals surface area contributed by atoms with Crippen LogP contribution in [0.4, 0.5) is 5.95 Å². The Balaban J connectivity index is 2.09. The van der Waals surface area contributed by atoms with Gasteiger partial charge in [-0.1, -0.05) is 13.3 Å². The van der Waals surface area contributed by atoms with Crippen LogP contribution in [0.25, 0.3) is 22.3 Å². The second kappa shape index (κ2) is 5.97. The largest absolute Gasteiger partial charge is 0.368 e. The minimum Gasteiger partial charge on any atom is -0.368 e. The molecule has 0 unspecified atom stereocenters. The molecule has 0 aliphatic heterocycles. The standard InChI is InChI=1S/C15H16IN5/c1-2-3-4-10-6-13(21-15(17)20-10)12-8-19-14-11(12)5-9(16)7-18-14/h5-8H,2-4H2,1H3,(H,18,19)(H2,17,20,21). The summed E-state index contributed by atoms with van der Waals surface area (Å²) < 4.78 is 1.09. The first-order valence-corrected chi connectivity index (χ1v) is 8.01. The highest BCUT2D eigenvalue weighted by molar-refractivity contribution is 14.1. The quantitative estimate of drug-likeness (QED) is 0.665. The molecule has 0 atom stereocenters. The van der Waals surface area contributed by atoms with Crippen LogP contribution in [0.1, 0.15) is 25.5 Å². The topological polar surface area (TPSA) is 80.5 Å². The minimum absolute atomic E-state index is 0.326. The molecule has 3 heterocycles. The summed E-state index contributed by atoms with van der Waals surface area (Å²) in [7, 11) is 0. The average molecular weight is 393 g/mol. The summed E-state index contributed by atoms with van der Waals surface area (Å²) >= 11 is 2.26. The number of H-pyrrole nitrogens is 1. The van der Waals surface area contributed by atoms with E-state index in [0.717, 1.165) is 50.8 Å². The molecule has 3 aromatic heterocycles. The molecule has 0 aliphatic carbocycles. The molecule has 0 bridgehead atoms. The Hall–Kier alpha value is -1.70. The number of aromatic nitrogens is 4. The molecule has 0 saturated carbocycles. The monoisotopic (exact) mass is 393 g/mol. The van der Waals surface area contributed by atoms with Gasteiger partial charge in [-0.05, 0) is 47.6 Å². The number of unbranched alkanes of at least 4 members (excludes halogenated alkanes) is 1. The van der Waals surface area contributed by atoms with Gasteiger partial charge in [-0.15, -0.1) is 0 Å². The van der Waals surface area contributed by atoms with Gasteiger partial charge in [-0.2, -0.15) is 0 Å². The van der Waals surface area contributed by atoms with Crippen molar-refractivity contribution in [1.82, 2.24) is 19.9 Å². The molecule has 0 fully saturated rings. The maximum absolute atomic E-state index is 5.86.